The molecule has 0 saturated heterocycles. The Morgan fingerprint density at radius 3 is 2.37 bits per heavy atom. The number of para-hydroxylation sites is 1. The second-order valence-electron chi connectivity index (χ2n) is 4.05. The molecule has 1 nitrogen and oxygen atoms in total. The van der Waals surface area contributed by atoms with Gasteiger partial charge in [-0.15, -0.1) is 0 Å². The van der Waals surface area contributed by atoms with Gasteiger partial charge >= 0.3 is 0 Å². The molecule has 0 radical (unpaired) electrons. The summed E-state index contributed by atoms with van der Waals surface area (Å²) >= 11 is 0. The van der Waals surface area contributed by atoms with Crippen molar-refractivity contribution in [3.05, 3.63) is 72.6 Å². The minimum atomic E-state index is -0.354. The van der Waals surface area contributed by atoms with E-state index in [0.29, 0.717) is 0 Å². The SMILES string of the molecule is [2H]c1cc([2H])c(-c2c([2H])c([2H])c3[nH]c4c([2H])cc([2H])c([2H])c4c3c2[2H])c([2H])c1. The molecule has 0 aliphatic rings. The van der Waals surface area contributed by atoms with Crippen molar-refractivity contribution in [2.45, 2.75) is 0 Å². The van der Waals surface area contributed by atoms with Gasteiger partial charge in [-0.25, -0.2) is 0 Å². The minimum absolute atomic E-state index is 0.0320. The molecule has 0 unspecified atom stereocenters. The van der Waals surface area contributed by atoms with Crippen LogP contribution in [0.1, 0.15) is 12.3 Å². The molecule has 0 bridgehead atoms. The fraction of sp³-hybridized carbons (Fsp3) is 0. The predicted molar refractivity (Wildman–Crippen MR) is 81.2 cm³/mol. The molecular weight excluding hydrogens is 230 g/mol. The second-order valence-corrected chi connectivity index (χ2v) is 4.05. The van der Waals surface area contributed by atoms with Crippen LogP contribution < -0.4 is 0 Å². The molecular formula is C18H13N. The molecule has 19 heavy (non-hydrogen) atoms. The molecule has 1 heteroatoms. The summed E-state index contributed by atoms with van der Waals surface area (Å²) in [5.41, 5.74) is 0.176. The normalized spacial score (nSPS) is 17.8. The van der Waals surface area contributed by atoms with Crippen LogP contribution in [0.25, 0.3) is 32.9 Å². The summed E-state index contributed by atoms with van der Waals surface area (Å²) in [5, 5.41) is 0.259. The molecule has 4 aromatic rings. The van der Waals surface area contributed by atoms with Crippen LogP contribution in [0.2, 0.25) is 0 Å². The molecule has 0 amide bonds. The van der Waals surface area contributed by atoms with E-state index in [1.54, 1.807) is 0 Å². The highest BCUT2D eigenvalue weighted by molar-refractivity contribution is 6.08. The third-order valence-corrected chi connectivity index (χ3v) is 2.90. The van der Waals surface area contributed by atoms with Gasteiger partial charge in [0.25, 0.3) is 0 Å². The predicted octanol–water partition coefficient (Wildman–Crippen LogP) is 4.99. The first-order chi connectivity index (χ1) is 13.1. The highest BCUT2D eigenvalue weighted by Crippen LogP contribution is 2.29. The van der Waals surface area contributed by atoms with Gasteiger partial charge in [-0.2, -0.15) is 0 Å². The lowest BCUT2D eigenvalue weighted by Crippen LogP contribution is -1.76. The zero-order valence-corrected chi connectivity index (χ0v) is 9.73. The molecule has 0 fully saturated rings. The first-order valence-corrected chi connectivity index (χ1v) is 5.73. The molecule has 0 atom stereocenters. The molecule has 1 heterocycles. The van der Waals surface area contributed by atoms with Crippen LogP contribution in [0.3, 0.4) is 0 Å². The van der Waals surface area contributed by atoms with Crippen molar-refractivity contribution < 1.29 is 12.3 Å². The zero-order valence-electron chi connectivity index (χ0n) is 18.7. The topological polar surface area (TPSA) is 15.8 Å². The average molecular weight is 252 g/mol. The van der Waals surface area contributed by atoms with Crippen molar-refractivity contribution in [2.24, 2.45) is 0 Å². The number of benzene rings is 3. The molecule has 90 valence electrons. The standard InChI is InChI=1S/C18H13N/c1-2-6-13(7-3-1)14-10-11-18-16(12-14)15-8-4-5-9-17(15)19-18/h1-12,19H/i1D,4D,6D,7D,8D,9D,10D,11D,12D. The molecule has 0 aliphatic carbocycles. The maximum absolute atomic E-state index is 8.66. The summed E-state index contributed by atoms with van der Waals surface area (Å²) < 4.78 is 73.4. The van der Waals surface area contributed by atoms with Gasteiger partial charge < -0.3 is 4.98 Å². The molecule has 0 saturated carbocycles. The van der Waals surface area contributed by atoms with Crippen molar-refractivity contribution in [3.8, 4) is 11.1 Å². The first-order valence-electron chi connectivity index (χ1n) is 10.2. The van der Waals surface area contributed by atoms with Crippen molar-refractivity contribution in [3.63, 3.8) is 0 Å². The van der Waals surface area contributed by atoms with Crippen molar-refractivity contribution in [1.82, 2.24) is 4.98 Å². The zero-order chi connectivity index (χ0) is 20.5. The highest BCUT2D eigenvalue weighted by Gasteiger charge is 2.05. The Morgan fingerprint density at radius 1 is 0.684 bits per heavy atom. The van der Waals surface area contributed by atoms with E-state index in [1.807, 2.05) is 0 Å². The molecule has 0 aliphatic heterocycles. The number of nitrogens with one attached hydrogen (secondary N) is 1. The lowest BCUT2D eigenvalue weighted by atomic mass is 10.0. The Labute approximate surface area is 124 Å². The van der Waals surface area contributed by atoms with Crippen LogP contribution in [0.4, 0.5) is 0 Å². The Morgan fingerprint density at radius 2 is 1.47 bits per heavy atom. The van der Waals surface area contributed by atoms with E-state index >= 15 is 0 Å². The molecule has 0 spiro atoms. The van der Waals surface area contributed by atoms with Gasteiger partial charge in [0.15, 0.2) is 0 Å². The maximum atomic E-state index is 8.66. The largest absolute Gasteiger partial charge is 0.355 e. The quantitative estimate of drug-likeness (QED) is 0.491. The number of hydrogen-bond donors (Lipinski definition) is 1. The third kappa shape index (κ3) is 1.63. The van der Waals surface area contributed by atoms with Gasteiger partial charge in [0.2, 0.25) is 0 Å². The summed E-state index contributed by atoms with van der Waals surface area (Å²) in [6, 6.07) is 1.83. The third-order valence-electron chi connectivity index (χ3n) is 2.90. The van der Waals surface area contributed by atoms with E-state index in [2.05, 4.69) is 4.98 Å². The number of H-pyrrole nitrogens is 1. The first kappa shape index (κ1) is 4.86. The van der Waals surface area contributed by atoms with E-state index in [-0.39, 0.29) is 87.3 Å². The molecule has 4 rings (SSSR count). The van der Waals surface area contributed by atoms with Gasteiger partial charge in [0.1, 0.15) is 0 Å². The van der Waals surface area contributed by atoms with Gasteiger partial charge in [0.05, 0.1) is 12.3 Å². The number of aromatic amines is 1. The summed E-state index contributed by atoms with van der Waals surface area (Å²) in [6.07, 6.45) is 0. The van der Waals surface area contributed by atoms with Crippen molar-refractivity contribution in [2.75, 3.05) is 0 Å². The maximum Gasteiger partial charge on any atom is 0.0645 e. The van der Waals surface area contributed by atoms with Gasteiger partial charge in [-0.3, -0.25) is 0 Å². The molecule has 1 aromatic heterocycles. The second kappa shape index (κ2) is 3.99. The monoisotopic (exact) mass is 252 g/mol. The Kier molecular flexibility index (Phi) is 1.02. The Balaban J connectivity index is 2.27. The Bertz CT molecular complexity index is 1280. The van der Waals surface area contributed by atoms with Crippen LogP contribution in [-0.2, 0) is 0 Å². The van der Waals surface area contributed by atoms with Crippen LogP contribution in [0.5, 0.6) is 0 Å². The van der Waals surface area contributed by atoms with Crippen LogP contribution in [0, 0.1) is 0 Å². The summed E-state index contributed by atoms with van der Waals surface area (Å²) in [7, 11) is 0. The van der Waals surface area contributed by atoms with E-state index in [9.17, 15) is 0 Å². The van der Waals surface area contributed by atoms with Gasteiger partial charge in [-0.1, -0.05) is 54.5 Å². The van der Waals surface area contributed by atoms with Crippen molar-refractivity contribution >= 4 is 21.8 Å². The number of hydrogen-bond acceptors (Lipinski definition) is 0. The number of rotatable bonds is 1. The summed E-state index contributed by atoms with van der Waals surface area (Å²) in [5.74, 6) is 0. The highest BCUT2D eigenvalue weighted by atomic mass is 14.7. The fourth-order valence-corrected chi connectivity index (χ4v) is 2.03. The molecule has 3 aromatic carbocycles. The van der Waals surface area contributed by atoms with Crippen LogP contribution in [0.15, 0.2) is 72.6 Å². The van der Waals surface area contributed by atoms with E-state index in [0.717, 1.165) is 0 Å². The van der Waals surface area contributed by atoms with Gasteiger partial charge in [-0.05, 0) is 29.3 Å². The van der Waals surface area contributed by atoms with E-state index < -0.39 is 0 Å². The lowest BCUT2D eigenvalue weighted by molar-refractivity contribution is 1.54. The minimum Gasteiger partial charge on any atom is -0.355 e. The Hall–Kier alpha value is -2.54. The van der Waals surface area contributed by atoms with Gasteiger partial charge in [0, 0.05) is 21.8 Å². The number of fused-ring (bicyclic) bond motifs is 3. The van der Waals surface area contributed by atoms with Crippen molar-refractivity contribution in [1.29, 1.82) is 0 Å². The van der Waals surface area contributed by atoms with E-state index in [1.165, 1.54) is 18.2 Å². The van der Waals surface area contributed by atoms with Crippen LogP contribution >= 0.6 is 0 Å². The smallest absolute Gasteiger partial charge is 0.0645 e. The summed E-state index contributed by atoms with van der Waals surface area (Å²) in [6.45, 7) is 0. The summed E-state index contributed by atoms with van der Waals surface area (Å²) in [4.78, 5) is 2.84. The van der Waals surface area contributed by atoms with E-state index in [4.69, 9.17) is 12.3 Å². The van der Waals surface area contributed by atoms with Crippen LogP contribution in [-0.4, -0.2) is 4.98 Å². The molecule has 1 N–H and O–H groups in total. The fourth-order valence-electron chi connectivity index (χ4n) is 2.03. The lowest BCUT2D eigenvalue weighted by Gasteiger charge is -2.01. The number of aromatic nitrogens is 1. The average Bonchev–Trinajstić information content (AvgIpc) is 3.01.